The third-order valence-corrected chi connectivity index (χ3v) is 6.53. The number of anilines is 1. The van der Waals surface area contributed by atoms with Crippen LogP contribution in [-0.4, -0.2) is 47.2 Å². The summed E-state index contributed by atoms with van der Waals surface area (Å²) in [5.74, 6) is 0.470. The number of hydrogen-bond acceptors (Lipinski definition) is 4. The Balaban J connectivity index is 1.33. The molecule has 0 bridgehead atoms. The van der Waals surface area contributed by atoms with Crippen molar-refractivity contribution in [3.05, 3.63) is 57.0 Å². The number of fused-ring (bicyclic) bond motifs is 1. The van der Waals surface area contributed by atoms with E-state index in [2.05, 4.69) is 59.4 Å². The van der Waals surface area contributed by atoms with Crippen molar-refractivity contribution in [2.24, 2.45) is 0 Å². The molecular weight excluding hydrogens is 476 g/mol. The molecule has 1 aromatic heterocycles. The van der Waals surface area contributed by atoms with E-state index in [-0.39, 0.29) is 6.03 Å². The molecule has 0 radical (unpaired) electrons. The molecule has 0 saturated carbocycles. The molecule has 4 rings (SSSR count). The molecule has 0 unspecified atom stereocenters. The number of rotatable bonds is 3. The van der Waals surface area contributed by atoms with E-state index >= 15 is 0 Å². The van der Waals surface area contributed by atoms with Crippen molar-refractivity contribution in [2.45, 2.75) is 6.54 Å². The van der Waals surface area contributed by atoms with E-state index in [0.29, 0.717) is 24.5 Å². The summed E-state index contributed by atoms with van der Waals surface area (Å²) in [4.78, 5) is 16.7. The minimum atomic E-state index is -0.139. The predicted molar refractivity (Wildman–Crippen MR) is 112 cm³/mol. The second-order valence-electron chi connectivity index (χ2n) is 6.47. The van der Waals surface area contributed by atoms with Crippen LogP contribution in [0.25, 0.3) is 11.0 Å². The largest absolute Gasteiger partial charge is 0.354 e. The van der Waals surface area contributed by atoms with Gasteiger partial charge in [0.25, 0.3) is 0 Å². The van der Waals surface area contributed by atoms with Crippen LogP contribution in [0.3, 0.4) is 0 Å². The molecule has 0 atom stereocenters. The van der Waals surface area contributed by atoms with Gasteiger partial charge in [0.1, 0.15) is 0 Å². The van der Waals surface area contributed by atoms with Crippen LogP contribution in [-0.2, 0) is 6.54 Å². The van der Waals surface area contributed by atoms with Crippen LogP contribution in [0, 0.1) is 0 Å². The van der Waals surface area contributed by atoms with E-state index < -0.39 is 0 Å². The number of benzene rings is 2. The minimum absolute atomic E-state index is 0.139. The number of aromatic nitrogens is 1. The molecule has 1 aliphatic heterocycles. The first-order valence-electron chi connectivity index (χ1n) is 8.67. The summed E-state index contributed by atoms with van der Waals surface area (Å²) < 4.78 is 7.34. The van der Waals surface area contributed by atoms with Crippen LogP contribution < -0.4 is 5.32 Å². The third kappa shape index (κ3) is 4.17. The average Bonchev–Trinajstić information content (AvgIpc) is 3.08. The normalized spacial score (nSPS) is 15.3. The first kappa shape index (κ1) is 18.5. The standard InChI is InChI=1S/C19H18Br2N4O2/c20-15-6-5-13(11-16(15)21)12-24-7-9-25(10-8-24)19(26)22-18-14-3-1-2-4-17(14)27-23-18/h1-6,11H,7-10,12H2,(H,22,23,26). The van der Waals surface area contributed by atoms with Gasteiger partial charge in [0.15, 0.2) is 11.4 Å². The maximum Gasteiger partial charge on any atom is 0.323 e. The zero-order valence-electron chi connectivity index (χ0n) is 14.5. The van der Waals surface area contributed by atoms with Crippen molar-refractivity contribution < 1.29 is 9.32 Å². The summed E-state index contributed by atoms with van der Waals surface area (Å²) in [6, 6.07) is 13.6. The van der Waals surface area contributed by atoms with Gasteiger partial charge in [-0.15, -0.1) is 0 Å². The van der Waals surface area contributed by atoms with Crippen LogP contribution in [0.2, 0.25) is 0 Å². The molecule has 8 heteroatoms. The van der Waals surface area contributed by atoms with Gasteiger partial charge in [0.2, 0.25) is 0 Å². The van der Waals surface area contributed by atoms with Gasteiger partial charge in [-0.3, -0.25) is 10.2 Å². The van der Waals surface area contributed by atoms with Crippen molar-refractivity contribution in [3.63, 3.8) is 0 Å². The Hall–Kier alpha value is -1.90. The fourth-order valence-corrected chi connectivity index (χ4v) is 3.83. The highest BCUT2D eigenvalue weighted by Gasteiger charge is 2.22. The quantitative estimate of drug-likeness (QED) is 0.574. The topological polar surface area (TPSA) is 61.6 Å². The summed E-state index contributed by atoms with van der Waals surface area (Å²) in [6.07, 6.45) is 0. The summed E-state index contributed by atoms with van der Waals surface area (Å²) in [7, 11) is 0. The molecular formula is C19H18Br2N4O2. The number of nitrogens with zero attached hydrogens (tertiary/aromatic N) is 3. The number of carbonyl (C=O) groups is 1. The third-order valence-electron chi connectivity index (χ3n) is 4.65. The number of amides is 2. The van der Waals surface area contributed by atoms with Crippen LogP contribution >= 0.6 is 31.9 Å². The van der Waals surface area contributed by atoms with Crippen molar-refractivity contribution in [1.29, 1.82) is 0 Å². The zero-order chi connectivity index (χ0) is 18.8. The Morgan fingerprint density at radius 3 is 2.63 bits per heavy atom. The number of hydrogen-bond donors (Lipinski definition) is 1. The lowest BCUT2D eigenvalue weighted by Gasteiger charge is -2.34. The number of piperazine rings is 1. The van der Waals surface area contributed by atoms with E-state index in [1.165, 1.54) is 5.56 Å². The lowest BCUT2D eigenvalue weighted by Crippen LogP contribution is -2.49. The van der Waals surface area contributed by atoms with E-state index in [9.17, 15) is 4.79 Å². The fraction of sp³-hybridized carbons (Fsp3) is 0.263. The second kappa shape index (κ2) is 8.00. The summed E-state index contributed by atoms with van der Waals surface area (Å²) in [5, 5.41) is 7.64. The van der Waals surface area contributed by atoms with Crippen molar-refractivity contribution in [2.75, 3.05) is 31.5 Å². The number of carbonyl (C=O) groups excluding carboxylic acids is 1. The Morgan fingerprint density at radius 1 is 1.07 bits per heavy atom. The molecule has 3 aromatic rings. The van der Waals surface area contributed by atoms with Crippen molar-refractivity contribution >= 4 is 54.7 Å². The molecule has 2 heterocycles. The minimum Gasteiger partial charge on any atom is -0.354 e. The predicted octanol–water partition coefficient (Wildman–Crippen LogP) is 4.70. The molecule has 0 spiro atoms. The maximum absolute atomic E-state index is 12.6. The second-order valence-corrected chi connectivity index (χ2v) is 8.18. The van der Waals surface area contributed by atoms with Crippen LogP contribution in [0.1, 0.15) is 5.56 Å². The fourth-order valence-electron chi connectivity index (χ4n) is 3.16. The molecule has 1 N–H and O–H groups in total. The summed E-state index contributed by atoms with van der Waals surface area (Å²) >= 11 is 7.04. The average molecular weight is 494 g/mol. The zero-order valence-corrected chi connectivity index (χ0v) is 17.7. The van der Waals surface area contributed by atoms with Gasteiger partial charge >= 0.3 is 6.03 Å². The van der Waals surface area contributed by atoms with Gasteiger partial charge < -0.3 is 9.42 Å². The summed E-state index contributed by atoms with van der Waals surface area (Å²) in [5.41, 5.74) is 1.91. The Morgan fingerprint density at radius 2 is 1.85 bits per heavy atom. The van der Waals surface area contributed by atoms with Gasteiger partial charge in [-0.2, -0.15) is 0 Å². The molecule has 27 heavy (non-hydrogen) atoms. The monoisotopic (exact) mass is 492 g/mol. The Bertz CT molecular complexity index is 967. The lowest BCUT2D eigenvalue weighted by atomic mass is 10.2. The Labute approximate surface area is 173 Å². The van der Waals surface area contributed by atoms with Crippen LogP contribution in [0.5, 0.6) is 0 Å². The lowest BCUT2D eigenvalue weighted by molar-refractivity contribution is 0.143. The number of halogens is 2. The molecule has 1 aliphatic rings. The maximum atomic E-state index is 12.6. The van der Waals surface area contributed by atoms with Gasteiger partial charge in [-0.25, -0.2) is 4.79 Å². The Kier molecular flexibility index (Phi) is 5.47. The summed E-state index contributed by atoms with van der Waals surface area (Å²) in [6.45, 7) is 3.90. The number of para-hydroxylation sites is 1. The smallest absolute Gasteiger partial charge is 0.323 e. The first-order chi connectivity index (χ1) is 13.1. The number of nitrogens with one attached hydrogen (secondary N) is 1. The highest BCUT2D eigenvalue weighted by molar-refractivity contribution is 9.13. The molecule has 1 saturated heterocycles. The molecule has 1 fully saturated rings. The van der Waals surface area contributed by atoms with Gasteiger partial charge in [0, 0.05) is 41.7 Å². The van der Waals surface area contributed by atoms with Gasteiger partial charge in [-0.1, -0.05) is 23.4 Å². The van der Waals surface area contributed by atoms with E-state index in [1.54, 1.807) is 0 Å². The van der Waals surface area contributed by atoms with Crippen LogP contribution in [0.15, 0.2) is 55.9 Å². The highest BCUT2D eigenvalue weighted by atomic mass is 79.9. The molecule has 140 valence electrons. The van der Waals surface area contributed by atoms with Crippen molar-refractivity contribution in [1.82, 2.24) is 15.0 Å². The first-order valence-corrected chi connectivity index (χ1v) is 10.3. The molecule has 6 nitrogen and oxygen atoms in total. The van der Waals surface area contributed by atoms with Gasteiger partial charge in [-0.05, 0) is 61.7 Å². The molecule has 2 aromatic carbocycles. The molecule has 2 amide bonds. The molecule has 0 aliphatic carbocycles. The SMILES string of the molecule is O=C(Nc1noc2ccccc12)N1CCN(Cc2ccc(Br)c(Br)c2)CC1. The van der Waals surface area contributed by atoms with E-state index in [4.69, 9.17) is 4.52 Å². The number of urea groups is 1. The van der Waals surface area contributed by atoms with E-state index in [0.717, 1.165) is 34.0 Å². The van der Waals surface area contributed by atoms with E-state index in [1.807, 2.05) is 35.2 Å². The van der Waals surface area contributed by atoms with Crippen molar-refractivity contribution in [3.8, 4) is 0 Å². The van der Waals surface area contributed by atoms with Gasteiger partial charge in [0.05, 0.1) is 5.39 Å². The van der Waals surface area contributed by atoms with Crippen LogP contribution in [0.4, 0.5) is 10.6 Å². The highest BCUT2D eigenvalue weighted by Crippen LogP contribution is 2.25.